The van der Waals surface area contributed by atoms with Crippen molar-refractivity contribution in [3.05, 3.63) is 46.4 Å². The van der Waals surface area contributed by atoms with E-state index in [4.69, 9.17) is 0 Å². The third-order valence-corrected chi connectivity index (χ3v) is 5.05. The molecule has 0 spiro atoms. The number of allylic oxidation sites excluding steroid dienone is 1. The molecular formula is C12H13F5Si. The van der Waals surface area contributed by atoms with Crippen LogP contribution in [0, 0.1) is 29.1 Å². The molecule has 0 fully saturated rings. The van der Waals surface area contributed by atoms with Crippen molar-refractivity contribution < 1.29 is 22.0 Å². The van der Waals surface area contributed by atoms with Gasteiger partial charge in [-0.25, -0.2) is 22.0 Å². The average molecular weight is 280 g/mol. The van der Waals surface area contributed by atoms with Crippen LogP contribution >= 0.6 is 0 Å². The standard InChI is InChI=1S/C12H13F5Si/c1-6(18(2,3)4)5-7-8(13)10(15)12(17)11(16)9(7)14/h1,5H2,2-4H3. The number of hydrogen-bond donors (Lipinski definition) is 0. The van der Waals surface area contributed by atoms with E-state index < -0.39 is 42.7 Å². The second kappa shape index (κ2) is 4.83. The van der Waals surface area contributed by atoms with Gasteiger partial charge in [-0.15, -0.1) is 6.58 Å². The summed E-state index contributed by atoms with van der Waals surface area (Å²) in [6.07, 6.45) is -0.332. The van der Waals surface area contributed by atoms with E-state index in [2.05, 4.69) is 6.58 Å². The van der Waals surface area contributed by atoms with Crippen LogP contribution in [0.1, 0.15) is 5.56 Å². The fraction of sp³-hybridized carbons (Fsp3) is 0.333. The zero-order chi connectivity index (χ0) is 14.2. The molecule has 0 saturated heterocycles. The van der Waals surface area contributed by atoms with Crippen LogP contribution in [0.4, 0.5) is 22.0 Å². The summed E-state index contributed by atoms with van der Waals surface area (Å²) in [6.45, 7) is 9.30. The molecule has 0 heterocycles. The van der Waals surface area contributed by atoms with Crippen molar-refractivity contribution in [2.75, 3.05) is 0 Å². The van der Waals surface area contributed by atoms with Crippen LogP contribution in [0.25, 0.3) is 0 Å². The zero-order valence-corrected chi connectivity index (χ0v) is 11.3. The highest BCUT2D eigenvalue weighted by atomic mass is 28.3. The van der Waals surface area contributed by atoms with Gasteiger partial charge in [-0.1, -0.05) is 24.8 Å². The maximum Gasteiger partial charge on any atom is 0.200 e. The first-order valence-corrected chi connectivity index (χ1v) is 8.76. The molecule has 1 aromatic rings. The number of halogens is 5. The maximum absolute atomic E-state index is 13.4. The molecule has 0 aliphatic rings. The van der Waals surface area contributed by atoms with Gasteiger partial charge in [0.2, 0.25) is 5.82 Å². The molecule has 6 heteroatoms. The molecule has 0 bridgehead atoms. The lowest BCUT2D eigenvalue weighted by Crippen LogP contribution is -2.25. The van der Waals surface area contributed by atoms with Gasteiger partial charge < -0.3 is 0 Å². The largest absolute Gasteiger partial charge is 0.203 e. The van der Waals surface area contributed by atoms with E-state index >= 15 is 0 Å². The molecule has 0 N–H and O–H groups in total. The molecule has 0 atom stereocenters. The van der Waals surface area contributed by atoms with Crippen LogP contribution in [0.5, 0.6) is 0 Å². The molecule has 0 aliphatic heterocycles. The molecule has 0 nitrogen and oxygen atoms in total. The molecule has 0 aromatic heterocycles. The lowest BCUT2D eigenvalue weighted by atomic mass is 10.1. The van der Waals surface area contributed by atoms with Gasteiger partial charge in [0.15, 0.2) is 23.3 Å². The van der Waals surface area contributed by atoms with Crippen molar-refractivity contribution in [1.82, 2.24) is 0 Å². The molecule has 0 aliphatic carbocycles. The summed E-state index contributed by atoms with van der Waals surface area (Å²) in [5.41, 5.74) is -0.807. The predicted octanol–water partition coefficient (Wildman–Crippen LogP) is 4.36. The lowest BCUT2D eigenvalue weighted by molar-refractivity contribution is 0.371. The summed E-state index contributed by atoms with van der Waals surface area (Å²) >= 11 is 0. The third kappa shape index (κ3) is 2.63. The summed E-state index contributed by atoms with van der Waals surface area (Å²) in [6, 6.07) is 0. The third-order valence-electron chi connectivity index (χ3n) is 2.75. The molecule has 0 saturated carbocycles. The van der Waals surface area contributed by atoms with Crippen molar-refractivity contribution >= 4 is 8.07 Å². The van der Waals surface area contributed by atoms with Gasteiger partial charge in [-0.05, 0) is 6.42 Å². The van der Waals surface area contributed by atoms with Crippen molar-refractivity contribution in [1.29, 1.82) is 0 Å². The van der Waals surface area contributed by atoms with Gasteiger partial charge in [-0.2, -0.15) is 0 Å². The van der Waals surface area contributed by atoms with Crippen LogP contribution in [-0.4, -0.2) is 8.07 Å². The van der Waals surface area contributed by atoms with Gasteiger partial charge in [-0.3, -0.25) is 0 Å². The van der Waals surface area contributed by atoms with Crippen LogP contribution in [0.3, 0.4) is 0 Å². The van der Waals surface area contributed by atoms with Crippen molar-refractivity contribution in [3.63, 3.8) is 0 Å². The molecule has 0 radical (unpaired) electrons. The Labute approximate surface area is 103 Å². The monoisotopic (exact) mass is 280 g/mol. The summed E-state index contributed by atoms with van der Waals surface area (Å²) in [4.78, 5) is 0. The Balaban J connectivity index is 3.31. The molecule has 1 rings (SSSR count). The van der Waals surface area contributed by atoms with E-state index in [1.54, 1.807) is 0 Å². The Bertz CT molecular complexity index is 473. The minimum Gasteiger partial charge on any atom is -0.203 e. The Morgan fingerprint density at radius 1 is 0.833 bits per heavy atom. The predicted molar refractivity (Wildman–Crippen MR) is 62.4 cm³/mol. The summed E-state index contributed by atoms with van der Waals surface area (Å²) in [5.74, 6) is -9.50. The van der Waals surface area contributed by atoms with E-state index in [0.29, 0.717) is 5.20 Å². The summed E-state index contributed by atoms with van der Waals surface area (Å²) in [5, 5.41) is 0.519. The molecule has 1 aromatic carbocycles. The van der Waals surface area contributed by atoms with E-state index in [9.17, 15) is 22.0 Å². The highest BCUT2D eigenvalue weighted by Gasteiger charge is 2.28. The zero-order valence-electron chi connectivity index (χ0n) is 10.3. The summed E-state index contributed by atoms with van der Waals surface area (Å²) < 4.78 is 65.6. The minimum absolute atomic E-state index is 0.332. The van der Waals surface area contributed by atoms with E-state index in [1.165, 1.54) is 0 Å². The van der Waals surface area contributed by atoms with Crippen molar-refractivity contribution in [2.45, 2.75) is 26.1 Å². The Morgan fingerprint density at radius 2 is 1.17 bits per heavy atom. The smallest absolute Gasteiger partial charge is 0.200 e. The Morgan fingerprint density at radius 3 is 1.50 bits per heavy atom. The topological polar surface area (TPSA) is 0 Å². The van der Waals surface area contributed by atoms with E-state index in [1.807, 2.05) is 19.6 Å². The highest BCUT2D eigenvalue weighted by Crippen LogP contribution is 2.27. The van der Waals surface area contributed by atoms with Crippen molar-refractivity contribution in [3.8, 4) is 0 Å². The number of hydrogen-bond acceptors (Lipinski definition) is 0. The molecule has 18 heavy (non-hydrogen) atoms. The molecular weight excluding hydrogens is 267 g/mol. The quantitative estimate of drug-likeness (QED) is 0.334. The minimum atomic E-state index is -2.13. The van der Waals surface area contributed by atoms with Crippen LogP contribution < -0.4 is 0 Å². The average Bonchev–Trinajstić information content (AvgIpc) is 2.28. The van der Waals surface area contributed by atoms with Gasteiger partial charge in [0.25, 0.3) is 0 Å². The Kier molecular flexibility index (Phi) is 4.00. The van der Waals surface area contributed by atoms with E-state index in [0.717, 1.165) is 0 Å². The van der Waals surface area contributed by atoms with Gasteiger partial charge in [0, 0.05) is 5.56 Å². The number of rotatable bonds is 3. The van der Waals surface area contributed by atoms with Crippen LogP contribution in [0.15, 0.2) is 11.8 Å². The normalized spacial score (nSPS) is 11.8. The fourth-order valence-corrected chi connectivity index (χ4v) is 1.99. The lowest BCUT2D eigenvalue weighted by Gasteiger charge is -2.20. The Hall–Kier alpha value is -1.17. The first kappa shape index (κ1) is 14.9. The SMILES string of the molecule is C=C(Cc1c(F)c(F)c(F)c(F)c1F)[Si](C)(C)C. The van der Waals surface area contributed by atoms with Crippen LogP contribution in [-0.2, 0) is 6.42 Å². The van der Waals surface area contributed by atoms with Gasteiger partial charge in [0.05, 0.1) is 8.07 Å². The highest BCUT2D eigenvalue weighted by molar-refractivity contribution is 6.83. The summed E-state index contributed by atoms with van der Waals surface area (Å²) in [7, 11) is -1.90. The fourth-order valence-electron chi connectivity index (χ4n) is 1.28. The van der Waals surface area contributed by atoms with Gasteiger partial charge in [0.1, 0.15) is 0 Å². The molecule has 0 unspecified atom stereocenters. The molecule has 0 amide bonds. The molecule has 100 valence electrons. The first-order chi connectivity index (χ1) is 8.07. The van der Waals surface area contributed by atoms with Crippen molar-refractivity contribution in [2.24, 2.45) is 0 Å². The second-order valence-corrected chi connectivity index (χ2v) is 10.3. The maximum atomic E-state index is 13.4. The number of benzene rings is 1. The van der Waals surface area contributed by atoms with E-state index in [-0.39, 0.29) is 6.42 Å². The van der Waals surface area contributed by atoms with Gasteiger partial charge >= 0.3 is 0 Å². The second-order valence-electron chi connectivity index (χ2n) is 5.08. The van der Waals surface area contributed by atoms with Crippen LogP contribution in [0.2, 0.25) is 19.6 Å². The first-order valence-electron chi connectivity index (χ1n) is 5.26.